The van der Waals surface area contributed by atoms with Gasteiger partial charge in [-0.15, -0.1) is 0 Å². The molecule has 0 spiro atoms. The second kappa shape index (κ2) is 8.99. The van der Waals surface area contributed by atoms with Gasteiger partial charge in [-0.05, 0) is 22.9 Å². The van der Waals surface area contributed by atoms with Crippen LogP contribution in [0.3, 0.4) is 0 Å². The summed E-state index contributed by atoms with van der Waals surface area (Å²) < 4.78 is 11.0. The van der Waals surface area contributed by atoms with Crippen LogP contribution in [0.25, 0.3) is 10.8 Å². The van der Waals surface area contributed by atoms with Crippen LogP contribution >= 0.6 is 0 Å². The van der Waals surface area contributed by atoms with Crippen LogP contribution in [0.2, 0.25) is 0 Å². The van der Waals surface area contributed by atoms with Crippen molar-refractivity contribution in [2.45, 2.75) is 6.10 Å². The molecule has 5 heteroatoms. The molecule has 2 aromatic rings. The van der Waals surface area contributed by atoms with Crippen LogP contribution in [0, 0.1) is 0 Å². The van der Waals surface area contributed by atoms with Gasteiger partial charge >= 0.3 is 0 Å². The monoisotopic (exact) mass is 330 g/mol. The van der Waals surface area contributed by atoms with E-state index in [1.165, 1.54) is 5.39 Å². The topological polar surface area (TPSA) is 54.0 Å². The molecule has 0 aliphatic carbocycles. The smallest absolute Gasteiger partial charge is 0.120 e. The van der Waals surface area contributed by atoms with Gasteiger partial charge < -0.3 is 19.9 Å². The van der Waals surface area contributed by atoms with E-state index in [2.05, 4.69) is 22.3 Å². The largest absolute Gasteiger partial charge is 0.491 e. The summed E-state index contributed by atoms with van der Waals surface area (Å²) in [6.07, 6.45) is -0.513. The van der Waals surface area contributed by atoms with E-state index in [1.807, 2.05) is 30.3 Å². The highest BCUT2D eigenvalue weighted by Crippen LogP contribution is 2.20. The first-order valence-electron chi connectivity index (χ1n) is 8.62. The molecule has 1 atom stereocenters. The van der Waals surface area contributed by atoms with E-state index >= 15 is 0 Å². The van der Waals surface area contributed by atoms with E-state index < -0.39 is 6.10 Å². The van der Waals surface area contributed by atoms with Crippen LogP contribution in [-0.4, -0.2) is 68.7 Å². The van der Waals surface area contributed by atoms with Crippen molar-refractivity contribution in [3.63, 3.8) is 0 Å². The number of rotatable bonds is 8. The Morgan fingerprint density at radius 2 is 1.92 bits per heavy atom. The van der Waals surface area contributed by atoms with Crippen molar-refractivity contribution in [3.05, 3.63) is 42.5 Å². The van der Waals surface area contributed by atoms with E-state index in [4.69, 9.17) is 9.47 Å². The maximum atomic E-state index is 10.0. The van der Waals surface area contributed by atoms with Gasteiger partial charge in [0.05, 0.1) is 13.2 Å². The molecule has 0 amide bonds. The van der Waals surface area contributed by atoms with Crippen molar-refractivity contribution in [1.29, 1.82) is 0 Å². The molecular formula is C19H26N2O3. The Balaban J connectivity index is 1.34. The summed E-state index contributed by atoms with van der Waals surface area (Å²) in [4.78, 5) is 2.37. The van der Waals surface area contributed by atoms with Crippen LogP contribution in [0.15, 0.2) is 42.5 Å². The molecule has 24 heavy (non-hydrogen) atoms. The van der Waals surface area contributed by atoms with E-state index in [0.717, 1.165) is 50.5 Å². The molecule has 130 valence electrons. The molecule has 0 saturated carbocycles. The first-order chi connectivity index (χ1) is 11.8. The molecular weight excluding hydrogens is 304 g/mol. The van der Waals surface area contributed by atoms with Gasteiger partial charge in [-0.3, -0.25) is 4.90 Å². The zero-order valence-corrected chi connectivity index (χ0v) is 14.0. The Hall–Kier alpha value is -1.66. The number of benzene rings is 2. The van der Waals surface area contributed by atoms with Gasteiger partial charge in [-0.2, -0.15) is 0 Å². The number of aliphatic hydroxyl groups is 1. The lowest BCUT2D eigenvalue weighted by Gasteiger charge is -2.26. The molecule has 1 heterocycles. The van der Waals surface area contributed by atoms with E-state index in [-0.39, 0.29) is 0 Å². The SMILES string of the molecule is OC(CNCCN1CCOCC1)COc1ccc2ccccc2c1. The standard InChI is InChI=1S/C19H26N2O3/c22-18(14-20-7-8-21-9-11-23-12-10-21)15-24-19-6-5-16-3-1-2-4-17(16)13-19/h1-6,13,18,20,22H,7-12,14-15H2. The highest BCUT2D eigenvalue weighted by Gasteiger charge is 2.10. The summed E-state index contributed by atoms with van der Waals surface area (Å²) in [6.45, 7) is 6.32. The van der Waals surface area contributed by atoms with Gasteiger partial charge in [-0.25, -0.2) is 0 Å². The van der Waals surface area contributed by atoms with E-state index in [1.54, 1.807) is 0 Å². The third-order valence-corrected chi connectivity index (χ3v) is 4.25. The Labute approximate surface area is 143 Å². The predicted molar refractivity (Wildman–Crippen MR) is 95.6 cm³/mol. The van der Waals surface area contributed by atoms with E-state index in [9.17, 15) is 5.11 Å². The van der Waals surface area contributed by atoms with Crippen LogP contribution < -0.4 is 10.1 Å². The zero-order valence-electron chi connectivity index (χ0n) is 14.0. The Morgan fingerprint density at radius 1 is 1.12 bits per heavy atom. The van der Waals surface area contributed by atoms with Crippen molar-refractivity contribution in [2.24, 2.45) is 0 Å². The normalized spacial score (nSPS) is 17.0. The molecule has 0 aromatic heterocycles. The molecule has 0 radical (unpaired) electrons. The zero-order chi connectivity index (χ0) is 16.6. The number of nitrogens with zero attached hydrogens (tertiary/aromatic N) is 1. The fraction of sp³-hybridized carbons (Fsp3) is 0.474. The van der Waals surface area contributed by atoms with Crippen LogP contribution in [0.4, 0.5) is 0 Å². The number of hydrogen-bond acceptors (Lipinski definition) is 5. The highest BCUT2D eigenvalue weighted by atomic mass is 16.5. The lowest BCUT2D eigenvalue weighted by atomic mass is 10.1. The van der Waals surface area contributed by atoms with Crippen molar-refractivity contribution < 1.29 is 14.6 Å². The summed E-state index contributed by atoms with van der Waals surface area (Å²) in [5.74, 6) is 0.793. The Bertz CT molecular complexity index is 629. The molecule has 1 saturated heterocycles. The van der Waals surface area contributed by atoms with Crippen molar-refractivity contribution in [2.75, 3.05) is 52.5 Å². The summed E-state index contributed by atoms with van der Waals surface area (Å²) in [6, 6.07) is 14.2. The van der Waals surface area contributed by atoms with Gasteiger partial charge in [0, 0.05) is 32.7 Å². The number of hydrogen-bond donors (Lipinski definition) is 2. The number of fused-ring (bicyclic) bond motifs is 1. The molecule has 1 aliphatic rings. The highest BCUT2D eigenvalue weighted by molar-refractivity contribution is 5.83. The quantitative estimate of drug-likeness (QED) is 0.719. The second-order valence-corrected chi connectivity index (χ2v) is 6.13. The van der Waals surface area contributed by atoms with Gasteiger partial charge in [0.2, 0.25) is 0 Å². The summed E-state index contributed by atoms with van der Waals surface area (Å²) in [7, 11) is 0. The third-order valence-electron chi connectivity index (χ3n) is 4.25. The molecule has 2 aromatic carbocycles. The average molecular weight is 330 g/mol. The fourth-order valence-corrected chi connectivity index (χ4v) is 2.84. The first kappa shape index (κ1) is 17.2. The predicted octanol–water partition coefficient (Wildman–Crippen LogP) is 1.50. The fourth-order valence-electron chi connectivity index (χ4n) is 2.84. The molecule has 1 unspecified atom stereocenters. The third kappa shape index (κ3) is 5.18. The number of nitrogens with one attached hydrogen (secondary N) is 1. The van der Waals surface area contributed by atoms with E-state index in [0.29, 0.717) is 13.2 Å². The van der Waals surface area contributed by atoms with Gasteiger partial charge in [-0.1, -0.05) is 30.3 Å². The molecule has 5 nitrogen and oxygen atoms in total. The summed E-state index contributed by atoms with van der Waals surface area (Å²) in [5.41, 5.74) is 0. The number of aliphatic hydroxyl groups excluding tert-OH is 1. The van der Waals surface area contributed by atoms with Crippen molar-refractivity contribution in [3.8, 4) is 5.75 Å². The van der Waals surface area contributed by atoms with Crippen LogP contribution in [-0.2, 0) is 4.74 Å². The van der Waals surface area contributed by atoms with Crippen molar-refractivity contribution >= 4 is 10.8 Å². The van der Waals surface area contributed by atoms with Gasteiger partial charge in [0.25, 0.3) is 0 Å². The lowest BCUT2D eigenvalue weighted by Crippen LogP contribution is -2.41. The maximum absolute atomic E-state index is 10.0. The molecule has 1 fully saturated rings. The molecule has 2 N–H and O–H groups in total. The minimum atomic E-state index is -0.513. The molecule has 3 rings (SSSR count). The number of ether oxygens (including phenoxy) is 2. The Morgan fingerprint density at radius 3 is 2.75 bits per heavy atom. The van der Waals surface area contributed by atoms with Crippen LogP contribution in [0.1, 0.15) is 0 Å². The first-order valence-corrected chi connectivity index (χ1v) is 8.62. The maximum Gasteiger partial charge on any atom is 0.120 e. The van der Waals surface area contributed by atoms with Crippen LogP contribution in [0.5, 0.6) is 5.75 Å². The van der Waals surface area contributed by atoms with Crippen molar-refractivity contribution in [1.82, 2.24) is 10.2 Å². The number of morpholine rings is 1. The summed E-state index contributed by atoms with van der Waals surface area (Å²) >= 11 is 0. The minimum Gasteiger partial charge on any atom is -0.491 e. The Kier molecular flexibility index (Phi) is 6.43. The second-order valence-electron chi connectivity index (χ2n) is 6.13. The molecule has 1 aliphatic heterocycles. The average Bonchev–Trinajstić information content (AvgIpc) is 2.64. The van der Waals surface area contributed by atoms with Gasteiger partial charge in [0.1, 0.15) is 18.5 Å². The summed E-state index contributed by atoms with van der Waals surface area (Å²) in [5, 5.41) is 15.7. The van der Waals surface area contributed by atoms with Gasteiger partial charge in [0.15, 0.2) is 0 Å². The minimum absolute atomic E-state index is 0.295. The molecule has 0 bridgehead atoms. The lowest BCUT2D eigenvalue weighted by molar-refractivity contribution is 0.0376.